The molecule has 1 aromatic carbocycles. The highest BCUT2D eigenvalue weighted by atomic mass is 19.1. The molecule has 1 heterocycles. The van der Waals surface area contributed by atoms with Gasteiger partial charge in [0.1, 0.15) is 17.2 Å². The Hall–Kier alpha value is -1.58. The molecule has 2 nitrogen and oxygen atoms in total. The van der Waals surface area contributed by atoms with Gasteiger partial charge in [-0.05, 0) is 19.9 Å². The monoisotopic (exact) mass is 194 g/mol. The lowest BCUT2D eigenvalue weighted by Crippen LogP contribution is -1.96. The molecule has 72 valence electrons. The van der Waals surface area contributed by atoms with Gasteiger partial charge < -0.3 is 0 Å². The molecular formula is C10H8F2N2. The second kappa shape index (κ2) is 2.97. The van der Waals surface area contributed by atoms with E-state index in [0.29, 0.717) is 16.9 Å². The van der Waals surface area contributed by atoms with E-state index in [0.717, 1.165) is 6.07 Å². The molecule has 4 heteroatoms. The van der Waals surface area contributed by atoms with Crippen LogP contribution in [0.3, 0.4) is 0 Å². The molecule has 0 atom stereocenters. The molecule has 0 aliphatic rings. The molecule has 0 saturated carbocycles. The lowest BCUT2D eigenvalue weighted by molar-refractivity contribution is 0.589. The molecule has 1 aromatic heterocycles. The highest BCUT2D eigenvalue weighted by Crippen LogP contribution is 2.19. The van der Waals surface area contributed by atoms with E-state index in [1.807, 2.05) is 0 Å². The first-order chi connectivity index (χ1) is 6.58. The summed E-state index contributed by atoms with van der Waals surface area (Å²) in [7, 11) is 0. The zero-order valence-electron chi connectivity index (χ0n) is 7.81. The van der Waals surface area contributed by atoms with Gasteiger partial charge in [0.25, 0.3) is 0 Å². The molecule has 0 unspecified atom stereocenters. The number of benzene rings is 1. The summed E-state index contributed by atoms with van der Waals surface area (Å²) < 4.78 is 26.2. The summed E-state index contributed by atoms with van der Waals surface area (Å²) in [5.41, 5.74) is 0.766. The first-order valence-electron chi connectivity index (χ1n) is 4.18. The van der Waals surface area contributed by atoms with Gasteiger partial charge in [0.05, 0.1) is 0 Å². The Labute approximate surface area is 79.6 Å². The van der Waals surface area contributed by atoms with E-state index >= 15 is 0 Å². The van der Waals surface area contributed by atoms with Gasteiger partial charge in [-0.2, -0.15) is 0 Å². The zero-order valence-corrected chi connectivity index (χ0v) is 7.81. The second-order valence-corrected chi connectivity index (χ2v) is 3.14. The van der Waals surface area contributed by atoms with E-state index in [1.54, 1.807) is 13.8 Å². The number of aromatic nitrogens is 2. The van der Waals surface area contributed by atoms with Crippen molar-refractivity contribution < 1.29 is 8.78 Å². The van der Waals surface area contributed by atoms with Crippen LogP contribution in [0.1, 0.15) is 11.5 Å². The van der Waals surface area contributed by atoms with E-state index in [-0.39, 0.29) is 5.52 Å². The number of nitrogens with zero attached hydrogens (tertiary/aromatic N) is 2. The maximum Gasteiger partial charge on any atom is 0.152 e. The summed E-state index contributed by atoms with van der Waals surface area (Å²) in [6.45, 7) is 3.38. The van der Waals surface area contributed by atoms with Gasteiger partial charge in [0.2, 0.25) is 0 Å². The van der Waals surface area contributed by atoms with Crippen LogP contribution < -0.4 is 0 Å². The fraction of sp³-hybridized carbons (Fsp3) is 0.200. The molecule has 0 aliphatic carbocycles. The standard InChI is InChI=1S/C10H8F2N2/c1-5-8-3-7(11)4-9(12)10(8)14-6(2)13-5/h3-4H,1-2H3. The molecule has 0 amide bonds. The third kappa shape index (κ3) is 1.32. The Morgan fingerprint density at radius 3 is 2.50 bits per heavy atom. The maximum atomic E-state index is 13.3. The number of halogens is 2. The molecule has 0 radical (unpaired) electrons. The van der Waals surface area contributed by atoms with Crippen LogP contribution >= 0.6 is 0 Å². The number of hydrogen-bond acceptors (Lipinski definition) is 2. The van der Waals surface area contributed by atoms with Gasteiger partial charge in [0, 0.05) is 17.1 Å². The Kier molecular flexibility index (Phi) is 1.91. The lowest BCUT2D eigenvalue weighted by Gasteiger charge is -2.03. The molecular weight excluding hydrogens is 186 g/mol. The molecule has 0 fully saturated rings. The predicted molar refractivity (Wildman–Crippen MR) is 48.9 cm³/mol. The van der Waals surface area contributed by atoms with Gasteiger partial charge in [0.15, 0.2) is 5.82 Å². The van der Waals surface area contributed by atoms with E-state index in [9.17, 15) is 8.78 Å². The van der Waals surface area contributed by atoms with Crippen molar-refractivity contribution in [3.63, 3.8) is 0 Å². The van der Waals surface area contributed by atoms with Crippen molar-refractivity contribution in [3.8, 4) is 0 Å². The Balaban J connectivity index is 2.94. The SMILES string of the molecule is Cc1nc(C)c2cc(F)cc(F)c2n1. The van der Waals surface area contributed by atoms with Crippen molar-refractivity contribution in [3.05, 3.63) is 35.3 Å². The molecule has 0 N–H and O–H groups in total. The fourth-order valence-corrected chi connectivity index (χ4v) is 1.45. The third-order valence-corrected chi connectivity index (χ3v) is 2.02. The highest BCUT2D eigenvalue weighted by Gasteiger charge is 2.08. The minimum atomic E-state index is -0.645. The molecule has 2 rings (SSSR count). The van der Waals surface area contributed by atoms with Crippen LogP contribution in [0.5, 0.6) is 0 Å². The van der Waals surface area contributed by atoms with Gasteiger partial charge in [-0.1, -0.05) is 0 Å². The summed E-state index contributed by atoms with van der Waals surface area (Å²) in [6.07, 6.45) is 0. The Morgan fingerprint density at radius 1 is 1.07 bits per heavy atom. The minimum absolute atomic E-state index is 0.177. The number of aryl methyl sites for hydroxylation is 2. The smallest absolute Gasteiger partial charge is 0.152 e. The zero-order chi connectivity index (χ0) is 10.3. The summed E-state index contributed by atoms with van der Waals surface area (Å²) in [5, 5.41) is 0.424. The van der Waals surface area contributed by atoms with Crippen molar-refractivity contribution in [2.24, 2.45) is 0 Å². The molecule has 0 saturated heterocycles. The molecule has 14 heavy (non-hydrogen) atoms. The molecule has 0 aliphatic heterocycles. The molecule has 0 spiro atoms. The van der Waals surface area contributed by atoms with Gasteiger partial charge in [-0.15, -0.1) is 0 Å². The van der Waals surface area contributed by atoms with Crippen LogP contribution in [-0.2, 0) is 0 Å². The average Bonchev–Trinajstić information content (AvgIpc) is 2.07. The number of hydrogen-bond donors (Lipinski definition) is 0. The van der Waals surface area contributed by atoms with Gasteiger partial charge >= 0.3 is 0 Å². The third-order valence-electron chi connectivity index (χ3n) is 2.02. The summed E-state index contributed by atoms with van der Waals surface area (Å²) >= 11 is 0. The maximum absolute atomic E-state index is 13.3. The second-order valence-electron chi connectivity index (χ2n) is 3.14. The first kappa shape index (κ1) is 8.99. The number of fused-ring (bicyclic) bond motifs is 1. The normalized spacial score (nSPS) is 10.9. The van der Waals surface area contributed by atoms with Crippen molar-refractivity contribution in [1.82, 2.24) is 9.97 Å². The first-order valence-corrected chi connectivity index (χ1v) is 4.18. The molecule has 2 aromatic rings. The van der Waals surface area contributed by atoms with Crippen molar-refractivity contribution >= 4 is 10.9 Å². The van der Waals surface area contributed by atoms with Crippen LogP contribution in [0, 0.1) is 25.5 Å². The van der Waals surface area contributed by atoms with Crippen LogP contribution in [-0.4, -0.2) is 9.97 Å². The van der Waals surface area contributed by atoms with Crippen LogP contribution in [0.2, 0.25) is 0 Å². The van der Waals surface area contributed by atoms with E-state index < -0.39 is 11.6 Å². The minimum Gasteiger partial charge on any atom is -0.238 e. The number of rotatable bonds is 0. The van der Waals surface area contributed by atoms with Crippen molar-refractivity contribution in [2.45, 2.75) is 13.8 Å². The van der Waals surface area contributed by atoms with E-state index in [2.05, 4.69) is 9.97 Å². The summed E-state index contributed by atoms with van der Waals surface area (Å²) in [6, 6.07) is 2.07. The Morgan fingerprint density at radius 2 is 1.79 bits per heavy atom. The highest BCUT2D eigenvalue weighted by molar-refractivity contribution is 5.81. The lowest BCUT2D eigenvalue weighted by atomic mass is 10.2. The van der Waals surface area contributed by atoms with E-state index in [4.69, 9.17) is 0 Å². The average molecular weight is 194 g/mol. The topological polar surface area (TPSA) is 25.8 Å². The largest absolute Gasteiger partial charge is 0.238 e. The summed E-state index contributed by atoms with van der Waals surface area (Å²) in [5.74, 6) is -0.764. The quantitative estimate of drug-likeness (QED) is 0.644. The van der Waals surface area contributed by atoms with Gasteiger partial charge in [-0.25, -0.2) is 18.7 Å². The van der Waals surface area contributed by atoms with Crippen molar-refractivity contribution in [1.29, 1.82) is 0 Å². The summed E-state index contributed by atoms with van der Waals surface area (Å²) in [4.78, 5) is 7.96. The van der Waals surface area contributed by atoms with Crippen molar-refractivity contribution in [2.75, 3.05) is 0 Å². The van der Waals surface area contributed by atoms with E-state index in [1.165, 1.54) is 6.07 Å². The fourth-order valence-electron chi connectivity index (χ4n) is 1.45. The molecule has 0 bridgehead atoms. The predicted octanol–water partition coefficient (Wildman–Crippen LogP) is 2.52. The van der Waals surface area contributed by atoms with Gasteiger partial charge in [-0.3, -0.25) is 0 Å². The van der Waals surface area contributed by atoms with Crippen LogP contribution in [0.15, 0.2) is 12.1 Å². The van der Waals surface area contributed by atoms with Crippen LogP contribution in [0.25, 0.3) is 10.9 Å². The van der Waals surface area contributed by atoms with Crippen LogP contribution in [0.4, 0.5) is 8.78 Å². The Bertz CT molecular complexity index is 462.